The summed E-state index contributed by atoms with van der Waals surface area (Å²) < 4.78 is 35.8. The Hall–Kier alpha value is -2.27. The molecule has 0 atom stereocenters. The van der Waals surface area contributed by atoms with E-state index in [1.807, 2.05) is 55.4 Å². The van der Waals surface area contributed by atoms with Crippen LogP contribution in [0.3, 0.4) is 0 Å². The van der Waals surface area contributed by atoms with Crippen molar-refractivity contribution in [1.82, 2.24) is 5.32 Å². The highest BCUT2D eigenvalue weighted by Crippen LogP contribution is 2.38. The Morgan fingerprint density at radius 1 is 0.892 bits per heavy atom. The summed E-state index contributed by atoms with van der Waals surface area (Å²) in [6, 6.07) is 2.12. The van der Waals surface area contributed by atoms with Crippen molar-refractivity contribution in [3.63, 3.8) is 0 Å². The van der Waals surface area contributed by atoms with E-state index >= 15 is 0 Å². The Labute approximate surface area is 223 Å². The lowest BCUT2D eigenvalue weighted by atomic mass is 9.68. The first-order chi connectivity index (χ1) is 16.9. The molecule has 0 aliphatic rings. The van der Waals surface area contributed by atoms with Crippen LogP contribution in [0.1, 0.15) is 70.7 Å². The first-order valence-electron chi connectivity index (χ1n) is 12.0. The van der Waals surface area contributed by atoms with Crippen molar-refractivity contribution in [2.45, 2.75) is 69.2 Å². The molecule has 0 saturated carbocycles. The van der Waals surface area contributed by atoms with Gasteiger partial charge in [0.15, 0.2) is 10.8 Å². The molecule has 0 aromatic rings. The van der Waals surface area contributed by atoms with E-state index in [2.05, 4.69) is 19.9 Å². The van der Waals surface area contributed by atoms with Crippen molar-refractivity contribution < 1.29 is 47.5 Å². The van der Waals surface area contributed by atoms with Crippen molar-refractivity contribution >= 4 is 28.2 Å². The Balaban J connectivity index is -0.000000241. The quantitative estimate of drug-likeness (QED) is 0.164. The predicted molar refractivity (Wildman–Crippen MR) is 139 cm³/mol. The van der Waals surface area contributed by atoms with Gasteiger partial charge in [-0.05, 0) is 37.5 Å². The summed E-state index contributed by atoms with van der Waals surface area (Å²) in [6.07, 6.45) is 0. The molecule has 0 fully saturated rings. The first-order valence-corrected chi connectivity index (χ1v) is 13.4. The highest BCUT2D eigenvalue weighted by molar-refractivity contribution is 7.81. The Morgan fingerprint density at radius 3 is 1.46 bits per heavy atom. The summed E-state index contributed by atoms with van der Waals surface area (Å²) in [4.78, 5) is 35.8. The van der Waals surface area contributed by atoms with Crippen LogP contribution in [0, 0.1) is 45.8 Å². The van der Waals surface area contributed by atoms with Gasteiger partial charge in [-0.1, -0.05) is 59.7 Å². The van der Waals surface area contributed by atoms with E-state index in [1.54, 1.807) is 20.9 Å². The molecule has 0 aliphatic heterocycles. The Kier molecular flexibility index (Phi) is 19.2. The van der Waals surface area contributed by atoms with Gasteiger partial charge in [0.25, 0.3) is 0 Å². The number of ether oxygens (including phenoxy) is 2. The van der Waals surface area contributed by atoms with Crippen LogP contribution < -0.4 is 5.32 Å². The summed E-state index contributed by atoms with van der Waals surface area (Å²) in [6.45, 7) is 19.1. The van der Waals surface area contributed by atoms with Gasteiger partial charge in [-0.3, -0.25) is 14.4 Å². The molecule has 0 aliphatic carbocycles. The van der Waals surface area contributed by atoms with Crippen molar-refractivity contribution in [1.29, 1.82) is 5.26 Å². The third kappa shape index (κ3) is 10.6. The molecule has 0 heterocycles. The molecule has 0 aromatic heterocycles. The van der Waals surface area contributed by atoms with Gasteiger partial charge >= 0.3 is 22.3 Å². The maximum absolute atomic E-state index is 12.1. The largest absolute Gasteiger partial charge is 0.465 e. The Morgan fingerprint density at radius 2 is 1.27 bits per heavy atom. The van der Waals surface area contributed by atoms with Crippen LogP contribution in [0.4, 0.5) is 0 Å². The number of rotatable bonds is 11. The zero-order chi connectivity index (χ0) is 30.2. The number of hydrogen-bond donors (Lipinski definition) is 2. The molecular formula is C24H48N2O10S. The van der Waals surface area contributed by atoms with Crippen molar-refractivity contribution in [2.75, 3.05) is 27.4 Å². The number of nitrogens with zero attached hydrogens (tertiary/aromatic N) is 1. The number of esters is 2. The summed E-state index contributed by atoms with van der Waals surface area (Å²) >= 11 is 0. The fourth-order valence-electron chi connectivity index (χ4n) is 3.94. The average Bonchev–Trinajstić information content (AvgIpc) is 2.80. The third-order valence-electron chi connectivity index (χ3n) is 5.95. The summed E-state index contributed by atoms with van der Waals surface area (Å²) in [5.74, 6) is -1.38. The van der Waals surface area contributed by atoms with Gasteiger partial charge in [0.1, 0.15) is 0 Å². The molecule has 0 spiro atoms. The topological polar surface area (TPSA) is 178 Å². The molecule has 13 heteroatoms. The zero-order valence-electron chi connectivity index (χ0n) is 24.2. The minimum Gasteiger partial charge on any atom is -0.465 e. The molecule has 220 valence electrons. The van der Waals surface area contributed by atoms with E-state index in [0.717, 1.165) is 7.11 Å². The van der Waals surface area contributed by atoms with Crippen LogP contribution in [0.2, 0.25) is 0 Å². The van der Waals surface area contributed by atoms with E-state index < -0.39 is 33.2 Å². The second-order valence-corrected chi connectivity index (χ2v) is 10.4. The Bertz CT molecular complexity index is 827. The number of hydrogen-bond acceptors (Lipinski definition) is 11. The molecule has 1 amide bonds. The molecule has 37 heavy (non-hydrogen) atoms. The molecule has 12 nitrogen and oxygen atoms in total. The highest BCUT2D eigenvalue weighted by Gasteiger charge is 2.52. The van der Waals surface area contributed by atoms with Crippen LogP contribution in [-0.2, 0) is 42.8 Å². The summed E-state index contributed by atoms with van der Waals surface area (Å²) in [5, 5.41) is 19.1. The van der Waals surface area contributed by atoms with Crippen molar-refractivity contribution in [2.24, 2.45) is 34.5 Å². The van der Waals surface area contributed by atoms with Gasteiger partial charge < -0.3 is 14.8 Å². The van der Waals surface area contributed by atoms with E-state index in [1.165, 1.54) is 0 Å². The minimum absolute atomic E-state index is 0. The number of carbonyl (C=O) groups excluding carboxylic acids is 3. The molecule has 0 rings (SSSR count). The lowest BCUT2D eigenvalue weighted by molar-refractivity contribution is -0.168. The lowest BCUT2D eigenvalue weighted by Gasteiger charge is -2.36. The van der Waals surface area contributed by atoms with Crippen LogP contribution in [0.5, 0.6) is 0 Å². The normalized spacial score (nSPS) is 11.7. The minimum atomic E-state index is -4.10. The standard InChI is InChI=1S/C12H23NO3.C11H19NO2.CH4O5S.H2/c1-7-16-11(15)12(8(2)3,9(4)5)10(14)13-6;1-6-14-10(13)11(7-12,8(2)3)9(4)5;1-5-7(3,4)6-2;/h8-9H,7H2,1-6H3,(H,13,14);8-9H,6H2,1-5H3;2H,1H3;1H. The maximum atomic E-state index is 12.1. The number of nitriles is 1. The molecule has 0 bridgehead atoms. The molecule has 0 radical (unpaired) electrons. The van der Waals surface area contributed by atoms with Crippen LogP contribution in [-0.4, -0.2) is 58.9 Å². The number of carbonyl (C=O) groups is 3. The lowest BCUT2D eigenvalue weighted by Crippen LogP contribution is -2.53. The van der Waals surface area contributed by atoms with Crippen molar-refractivity contribution in [3.8, 4) is 6.07 Å². The maximum Gasteiger partial charge on any atom is 0.426 e. The van der Waals surface area contributed by atoms with E-state index in [-0.39, 0.29) is 37.6 Å². The van der Waals surface area contributed by atoms with Gasteiger partial charge in [-0.2, -0.15) is 13.7 Å². The molecular weight excluding hydrogens is 508 g/mol. The van der Waals surface area contributed by atoms with Crippen molar-refractivity contribution in [3.05, 3.63) is 0 Å². The summed E-state index contributed by atoms with van der Waals surface area (Å²) in [5.41, 5.74) is -2.10. The monoisotopic (exact) mass is 556 g/mol. The highest BCUT2D eigenvalue weighted by atomic mass is 32.3. The third-order valence-corrected chi connectivity index (χ3v) is 6.54. The molecule has 0 saturated heterocycles. The predicted octanol–water partition coefficient (Wildman–Crippen LogP) is 3.58. The summed E-state index contributed by atoms with van der Waals surface area (Å²) in [7, 11) is -1.69. The SMILES string of the molecule is CCOC(=O)C(C#N)(C(C)C)C(C)C.CCOC(=O)C(C(=O)NC)(C(C)C)C(C)C.COS(=O)(=O)OO.[HH]. The van der Waals surface area contributed by atoms with E-state index in [0.29, 0.717) is 6.61 Å². The second-order valence-electron chi connectivity index (χ2n) is 9.14. The second kappa shape index (κ2) is 18.1. The fourth-order valence-corrected chi connectivity index (χ4v) is 4.00. The van der Waals surface area contributed by atoms with E-state index in [4.69, 9.17) is 20.0 Å². The average molecular weight is 557 g/mol. The van der Waals surface area contributed by atoms with Crippen LogP contribution in [0.25, 0.3) is 0 Å². The fraction of sp³-hybridized carbons (Fsp3) is 0.833. The number of amides is 1. The smallest absolute Gasteiger partial charge is 0.426 e. The first kappa shape index (κ1) is 39.2. The van der Waals surface area contributed by atoms with Crippen LogP contribution in [0.15, 0.2) is 0 Å². The van der Waals surface area contributed by atoms with Crippen LogP contribution >= 0.6 is 0 Å². The van der Waals surface area contributed by atoms with E-state index in [9.17, 15) is 22.8 Å². The van der Waals surface area contributed by atoms with Gasteiger partial charge in [-0.15, -0.1) is 0 Å². The van der Waals surface area contributed by atoms with Gasteiger partial charge in [0.2, 0.25) is 5.91 Å². The molecule has 2 N–H and O–H groups in total. The van der Waals surface area contributed by atoms with Gasteiger partial charge in [0, 0.05) is 8.47 Å². The van der Waals surface area contributed by atoms with Gasteiger partial charge in [-0.25, -0.2) is 9.44 Å². The molecule has 0 aromatic carbocycles. The zero-order valence-corrected chi connectivity index (χ0v) is 25.0. The molecule has 0 unspecified atom stereocenters. The van der Waals surface area contributed by atoms with Gasteiger partial charge in [0.05, 0.1) is 26.4 Å². The number of nitrogens with one attached hydrogen (secondary N) is 1.